The van der Waals surface area contributed by atoms with Crippen LogP contribution in [0.3, 0.4) is 0 Å². The van der Waals surface area contributed by atoms with E-state index in [4.69, 9.17) is 0 Å². The van der Waals surface area contributed by atoms with Crippen LogP contribution in [0, 0.1) is 6.92 Å². The van der Waals surface area contributed by atoms with Crippen LogP contribution in [-0.2, 0) is 6.54 Å². The maximum atomic E-state index is 11.9. The minimum Gasteiger partial charge on any atom is -0.508 e. The van der Waals surface area contributed by atoms with Crippen LogP contribution in [0.1, 0.15) is 21.5 Å². The molecular weight excluding hydrogens is 234 g/mol. The number of aryl methyl sites for hydroxylation is 1. The summed E-state index contributed by atoms with van der Waals surface area (Å²) in [5.41, 5.74) is 2.46. The van der Waals surface area contributed by atoms with E-state index < -0.39 is 0 Å². The zero-order valence-electron chi connectivity index (χ0n) is 9.43. The van der Waals surface area contributed by atoms with Gasteiger partial charge in [-0.3, -0.25) is 4.79 Å². The average Bonchev–Trinajstić information content (AvgIpc) is 2.78. The predicted molar refractivity (Wildman–Crippen MR) is 68.3 cm³/mol. The van der Waals surface area contributed by atoms with Crippen molar-refractivity contribution in [2.24, 2.45) is 0 Å². The van der Waals surface area contributed by atoms with Gasteiger partial charge in [0.2, 0.25) is 0 Å². The third-order valence-corrected chi connectivity index (χ3v) is 3.22. The van der Waals surface area contributed by atoms with E-state index in [-0.39, 0.29) is 11.7 Å². The summed E-state index contributed by atoms with van der Waals surface area (Å²) in [5.74, 6) is 0.0607. The Morgan fingerprint density at radius 2 is 2.24 bits per heavy atom. The van der Waals surface area contributed by atoms with Gasteiger partial charge in [-0.05, 0) is 53.1 Å². The van der Waals surface area contributed by atoms with E-state index in [1.165, 1.54) is 6.07 Å². The molecule has 0 bridgehead atoms. The molecule has 0 unspecified atom stereocenters. The van der Waals surface area contributed by atoms with Crippen LogP contribution in [0.4, 0.5) is 0 Å². The lowest BCUT2D eigenvalue weighted by Gasteiger charge is -2.07. The first-order chi connectivity index (χ1) is 8.16. The van der Waals surface area contributed by atoms with Gasteiger partial charge in [0.05, 0.1) is 0 Å². The third-order valence-electron chi connectivity index (χ3n) is 2.49. The Morgan fingerprint density at radius 1 is 1.41 bits per heavy atom. The Balaban J connectivity index is 2.04. The summed E-state index contributed by atoms with van der Waals surface area (Å²) in [6.07, 6.45) is 0. The van der Waals surface area contributed by atoms with Crippen molar-refractivity contribution >= 4 is 17.2 Å². The summed E-state index contributed by atoms with van der Waals surface area (Å²) in [7, 11) is 0. The molecule has 0 spiro atoms. The quantitative estimate of drug-likeness (QED) is 0.876. The molecule has 0 atom stereocenters. The average molecular weight is 247 g/mol. The summed E-state index contributed by atoms with van der Waals surface area (Å²) in [6, 6.07) is 6.72. The Morgan fingerprint density at radius 3 is 2.88 bits per heavy atom. The molecule has 0 fully saturated rings. The molecule has 1 heterocycles. The lowest BCUT2D eigenvalue weighted by molar-refractivity contribution is 0.0950. The summed E-state index contributed by atoms with van der Waals surface area (Å²) < 4.78 is 0. The van der Waals surface area contributed by atoms with Crippen LogP contribution >= 0.6 is 11.3 Å². The van der Waals surface area contributed by atoms with E-state index in [0.717, 1.165) is 11.1 Å². The predicted octanol–water partition coefficient (Wildman–Crippen LogP) is 2.69. The molecule has 1 aromatic carbocycles. The van der Waals surface area contributed by atoms with Gasteiger partial charge >= 0.3 is 0 Å². The molecular formula is C13H13NO2S. The Hall–Kier alpha value is -1.81. The van der Waals surface area contributed by atoms with Crippen molar-refractivity contribution < 1.29 is 9.90 Å². The summed E-state index contributed by atoms with van der Waals surface area (Å²) in [5, 5.41) is 16.1. The lowest BCUT2D eigenvalue weighted by atomic mass is 10.1. The molecule has 1 amide bonds. The van der Waals surface area contributed by atoms with Crippen LogP contribution in [0.2, 0.25) is 0 Å². The zero-order chi connectivity index (χ0) is 12.3. The fourth-order valence-corrected chi connectivity index (χ4v) is 2.24. The van der Waals surface area contributed by atoms with Crippen LogP contribution in [-0.4, -0.2) is 11.0 Å². The number of aromatic hydroxyl groups is 1. The van der Waals surface area contributed by atoms with Crippen molar-refractivity contribution in [3.63, 3.8) is 0 Å². The van der Waals surface area contributed by atoms with Gasteiger partial charge in [-0.15, -0.1) is 0 Å². The largest absolute Gasteiger partial charge is 0.508 e. The minimum atomic E-state index is -0.117. The number of thiophene rings is 1. The molecule has 4 heteroatoms. The second kappa shape index (κ2) is 5.01. The Labute approximate surface area is 104 Å². The maximum Gasteiger partial charge on any atom is 0.251 e. The maximum absolute atomic E-state index is 11.9. The summed E-state index contributed by atoms with van der Waals surface area (Å²) in [6.45, 7) is 2.34. The van der Waals surface area contributed by atoms with E-state index >= 15 is 0 Å². The number of amides is 1. The van der Waals surface area contributed by atoms with E-state index in [2.05, 4.69) is 5.32 Å². The van der Waals surface area contributed by atoms with Crippen molar-refractivity contribution in [2.45, 2.75) is 13.5 Å². The van der Waals surface area contributed by atoms with E-state index in [0.29, 0.717) is 12.1 Å². The van der Waals surface area contributed by atoms with Gasteiger partial charge in [-0.25, -0.2) is 0 Å². The highest BCUT2D eigenvalue weighted by molar-refractivity contribution is 7.07. The first-order valence-electron chi connectivity index (χ1n) is 5.25. The molecule has 0 aliphatic rings. The van der Waals surface area contributed by atoms with Gasteiger partial charge in [0, 0.05) is 12.1 Å². The van der Waals surface area contributed by atoms with Crippen molar-refractivity contribution in [1.82, 2.24) is 5.32 Å². The number of hydrogen-bond donors (Lipinski definition) is 2. The van der Waals surface area contributed by atoms with Crippen molar-refractivity contribution in [3.8, 4) is 5.75 Å². The number of phenols is 1. The highest BCUT2D eigenvalue weighted by atomic mass is 32.1. The second-order valence-corrected chi connectivity index (χ2v) is 4.59. The molecule has 0 aliphatic heterocycles. The fourth-order valence-electron chi connectivity index (χ4n) is 1.57. The third kappa shape index (κ3) is 2.85. The normalized spacial score (nSPS) is 10.2. The topological polar surface area (TPSA) is 49.3 Å². The van der Waals surface area contributed by atoms with Gasteiger partial charge in [0.1, 0.15) is 5.75 Å². The van der Waals surface area contributed by atoms with Crippen LogP contribution in [0.5, 0.6) is 5.75 Å². The molecule has 0 radical (unpaired) electrons. The number of carbonyl (C=O) groups is 1. The van der Waals surface area contributed by atoms with Gasteiger partial charge in [0.25, 0.3) is 5.91 Å². The lowest BCUT2D eigenvalue weighted by Crippen LogP contribution is -2.23. The minimum absolute atomic E-state index is 0.117. The smallest absolute Gasteiger partial charge is 0.251 e. The van der Waals surface area contributed by atoms with Gasteiger partial charge in [-0.2, -0.15) is 11.3 Å². The molecule has 88 valence electrons. The molecule has 1 aromatic heterocycles. The monoisotopic (exact) mass is 247 g/mol. The summed E-state index contributed by atoms with van der Waals surface area (Å²) in [4.78, 5) is 11.9. The molecule has 17 heavy (non-hydrogen) atoms. The number of hydrogen-bond acceptors (Lipinski definition) is 3. The number of carbonyl (C=O) groups excluding carboxylic acids is 1. The van der Waals surface area contributed by atoms with E-state index in [1.54, 1.807) is 30.4 Å². The number of rotatable bonds is 3. The number of phenolic OH excluding ortho intramolecular Hbond substituents is 1. The van der Waals surface area contributed by atoms with E-state index in [1.807, 2.05) is 16.8 Å². The first-order valence-corrected chi connectivity index (χ1v) is 6.20. The van der Waals surface area contributed by atoms with Crippen molar-refractivity contribution in [3.05, 3.63) is 51.7 Å². The highest BCUT2D eigenvalue weighted by Gasteiger charge is 2.08. The molecule has 0 saturated heterocycles. The van der Waals surface area contributed by atoms with Gasteiger partial charge in [0.15, 0.2) is 0 Å². The van der Waals surface area contributed by atoms with Gasteiger partial charge in [-0.1, -0.05) is 0 Å². The first kappa shape index (κ1) is 11.7. The van der Waals surface area contributed by atoms with Crippen LogP contribution in [0.15, 0.2) is 35.0 Å². The highest BCUT2D eigenvalue weighted by Crippen LogP contribution is 2.15. The number of nitrogens with one attached hydrogen (secondary N) is 1. The zero-order valence-corrected chi connectivity index (χ0v) is 10.3. The number of benzene rings is 1. The standard InChI is InChI=1S/C13H13NO2S/c1-9-6-11(15)2-3-12(9)13(16)14-7-10-4-5-17-8-10/h2-6,8,15H,7H2,1H3,(H,14,16). The Kier molecular flexibility index (Phi) is 3.44. The summed E-state index contributed by atoms with van der Waals surface area (Å²) >= 11 is 1.61. The second-order valence-electron chi connectivity index (χ2n) is 3.81. The van der Waals surface area contributed by atoms with Gasteiger partial charge < -0.3 is 10.4 Å². The van der Waals surface area contributed by atoms with Crippen molar-refractivity contribution in [1.29, 1.82) is 0 Å². The molecule has 0 saturated carbocycles. The Bertz CT molecular complexity index is 520. The van der Waals surface area contributed by atoms with E-state index in [9.17, 15) is 9.90 Å². The molecule has 0 aliphatic carbocycles. The molecule has 3 nitrogen and oxygen atoms in total. The molecule has 2 rings (SSSR count). The van der Waals surface area contributed by atoms with Crippen LogP contribution < -0.4 is 5.32 Å². The molecule has 2 N–H and O–H groups in total. The molecule has 2 aromatic rings. The van der Waals surface area contributed by atoms with Crippen molar-refractivity contribution in [2.75, 3.05) is 0 Å². The van der Waals surface area contributed by atoms with Crippen LogP contribution in [0.25, 0.3) is 0 Å². The fraction of sp³-hybridized carbons (Fsp3) is 0.154. The SMILES string of the molecule is Cc1cc(O)ccc1C(=O)NCc1ccsc1.